The van der Waals surface area contributed by atoms with Gasteiger partial charge in [-0.15, -0.1) is 0 Å². The molecule has 2 rings (SSSR count). The molecule has 0 saturated carbocycles. The van der Waals surface area contributed by atoms with Crippen LogP contribution in [0.1, 0.15) is 29.8 Å². The standard InChI is InChI=1S/C22H26Cl2N2O4/c1-13(2)20(22(28)25-9-8-14-6-5-7-18(23)19(14)24)26-21(27)15-10-16(29-3)12-17(11-15)30-4/h5-7,10-13,20H,8-9H2,1-4H3,(H,25,28)(H,26,27). The second kappa shape index (κ2) is 11.1. The highest BCUT2D eigenvalue weighted by Gasteiger charge is 2.25. The van der Waals surface area contributed by atoms with E-state index in [2.05, 4.69) is 10.6 Å². The van der Waals surface area contributed by atoms with Crippen LogP contribution in [-0.4, -0.2) is 38.6 Å². The molecule has 2 amide bonds. The van der Waals surface area contributed by atoms with Crippen molar-refractivity contribution in [3.05, 3.63) is 57.6 Å². The Morgan fingerprint density at radius 3 is 2.23 bits per heavy atom. The number of hydrogen-bond acceptors (Lipinski definition) is 4. The SMILES string of the molecule is COc1cc(OC)cc(C(=O)NC(C(=O)NCCc2cccc(Cl)c2Cl)C(C)C)c1. The smallest absolute Gasteiger partial charge is 0.252 e. The third kappa shape index (κ3) is 6.28. The van der Waals surface area contributed by atoms with Crippen molar-refractivity contribution in [2.75, 3.05) is 20.8 Å². The van der Waals surface area contributed by atoms with Crippen LogP contribution in [0.15, 0.2) is 36.4 Å². The molecule has 0 aliphatic rings. The van der Waals surface area contributed by atoms with E-state index in [0.717, 1.165) is 5.56 Å². The van der Waals surface area contributed by atoms with E-state index in [4.69, 9.17) is 32.7 Å². The average molecular weight is 453 g/mol. The lowest BCUT2D eigenvalue weighted by Crippen LogP contribution is -2.50. The van der Waals surface area contributed by atoms with Gasteiger partial charge in [0.2, 0.25) is 5.91 Å². The maximum absolute atomic E-state index is 12.7. The van der Waals surface area contributed by atoms with E-state index < -0.39 is 6.04 Å². The highest BCUT2D eigenvalue weighted by molar-refractivity contribution is 6.42. The Bertz CT molecular complexity index is 880. The Hall–Kier alpha value is -2.44. The van der Waals surface area contributed by atoms with Crippen LogP contribution in [0, 0.1) is 5.92 Å². The summed E-state index contributed by atoms with van der Waals surface area (Å²) in [6.07, 6.45) is 0.525. The van der Waals surface area contributed by atoms with Crippen molar-refractivity contribution in [1.29, 1.82) is 0 Å². The summed E-state index contributed by atoms with van der Waals surface area (Å²) < 4.78 is 10.4. The number of benzene rings is 2. The minimum atomic E-state index is -0.704. The molecule has 1 atom stereocenters. The first-order chi connectivity index (χ1) is 14.3. The fraction of sp³-hybridized carbons (Fsp3) is 0.364. The minimum Gasteiger partial charge on any atom is -0.497 e. The maximum atomic E-state index is 12.7. The molecule has 162 valence electrons. The largest absolute Gasteiger partial charge is 0.497 e. The highest BCUT2D eigenvalue weighted by Crippen LogP contribution is 2.25. The molecule has 0 bridgehead atoms. The van der Waals surface area contributed by atoms with Crippen molar-refractivity contribution < 1.29 is 19.1 Å². The number of methoxy groups -OCH3 is 2. The lowest BCUT2D eigenvalue weighted by molar-refractivity contribution is -0.123. The quantitative estimate of drug-likeness (QED) is 0.599. The lowest BCUT2D eigenvalue weighted by atomic mass is 10.0. The molecule has 0 aliphatic carbocycles. The predicted molar refractivity (Wildman–Crippen MR) is 119 cm³/mol. The van der Waals surface area contributed by atoms with E-state index in [-0.39, 0.29) is 17.7 Å². The van der Waals surface area contributed by atoms with Crippen LogP contribution in [0.4, 0.5) is 0 Å². The molecule has 2 aromatic carbocycles. The minimum absolute atomic E-state index is 0.115. The zero-order valence-corrected chi connectivity index (χ0v) is 18.9. The monoisotopic (exact) mass is 452 g/mol. The highest BCUT2D eigenvalue weighted by atomic mass is 35.5. The Morgan fingerprint density at radius 1 is 1.03 bits per heavy atom. The molecule has 2 N–H and O–H groups in total. The van der Waals surface area contributed by atoms with Gasteiger partial charge in [0.15, 0.2) is 0 Å². The van der Waals surface area contributed by atoms with Crippen LogP contribution < -0.4 is 20.1 Å². The Kier molecular flexibility index (Phi) is 8.81. The van der Waals surface area contributed by atoms with Crippen molar-refractivity contribution >= 4 is 35.0 Å². The van der Waals surface area contributed by atoms with E-state index in [1.165, 1.54) is 14.2 Å². The summed E-state index contributed by atoms with van der Waals surface area (Å²) in [5, 5.41) is 6.61. The number of amides is 2. The van der Waals surface area contributed by atoms with Crippen LogP contribution in [0.2, 0.25) is 10.0 Å². The fourth-order valence-electron chi connectivity index (χ4n) is 2.87. The van der Waals surface area contributed by atoms with Crippen molar-refractivity contribution in [1.82, 2.24) is 10.6 Å². The number of nitrogens with one attached hydrogen (secondary N) is 2. The molecule has 0 radical (unpaired) electrons. The summed E-state index contributed by atoms with van der Waals surface area (Å²) in [5.41, 5.74) is 1.19. The zero-order chi connectivity index (χ0) is 22.3. The number of carbonyl (C=O) groups excluding carboxylic acids is 2. The molecule has 0 fully saturated rings. The van der Waals surface area contributed by atoms with E-state index in [1.807, 2.05) is 26.0 Å². The molecule has 30 heavy (non-hydrogen) atoms. The van der Waals surface area contributed by atoms with Crippen molar-refractivity contribution in [3.63, 3.8) is 0 Å². The Labute approximate surface area is 186 Å². The molecule has 0 saturated heterocycles. The summed E-state index contributed by atoms with van der Waals surface area (Å²) in [5.74, 6) is 0.202. The normalized spacial score (nSPS) is 11.7. The third-order valence-corrected chi connectivity index (χ3v) is 5.43. The molecule has 6 nitrogen and oxygen atoms in total. The fourth-order valence-corrected chi connectivity index (χ4v) is 3.28. The van der Waals surface area contributed by atoms with Crippen molar-refractivity contribution in [2.24, 2.45) is 5.92 Å². The molecule has 8 heteroatoms. The zero-order valence-electron chi connectivity index (χ0n) is 17.4. The van der Waals surface area contributed by atoms with E-state index >= 15 is 0 Å². The molecular weight excluding hydrogens is 427 g/mol. The van der Waals surface area contributed by atoms with Gasteiger partial charge in [-0.1, -0.05) is 49.2 Å². The summed E-state index contributed by atoms with van der Waals surface area (Å²) in [4.78, 5) is 25.4. The van der Waals surface area contributed by atoms with Gasteiger partial charge in [-0.25, -0.2) is 0 Å². The average Bonchev–Trinajstić information content (AvgIpc) is 2.73. The van der Waals surface area contributed by atoms with Gasteiger partial charge in [-0.3, -0.25) is 9.59 Å². The third-order valence-electron chi connectivity index (χ3n) is 4.57. The molecule has 1 unspecified atom stereocenters. The summed E-state index contributed by atoms with van der Waals surface area (Å²) in [7, 11) is 3.01. The number of rotatable bonds is 9. The van der Waals surface area contributed by atoms with Gasteiger partial charge in [0.05, 0.1) is 24.3 Å². The van der Waals surface area contributed by atoms with Gasteiger partial charge in [0.25, 0.3) is 5.91 Å². The van der Waals surface area contributed by atoms with Gasteiger partial charge >= 0.3 is 0 Å². The molecule has 0 spiro atoms. The van der Waals surface area contributed by atoms with Crippen LogP contribution in [0.25, 0.3) is 0 Å². The molecular formula is C22H26Cl2N2O4. The van der Waals surface area contributed by atoms with Gasteiger partial charge in [-0.2, -0.15) is 0 Å². The summed E-state index contributed by atoms with van der Waals surface area (Å²) in [6.45, 7) is 4.10. The van der Waals surface area contributed by atoms with Crippen LogP contribution in [-0.2, 0) is 11.2 Å². The number of ether oxygens (including phenoxy) is 2. The van der Waals surface area contributed by atoms with Gasteiger partial charge < -0.3 is 20.1 Å². The van der Waals surface area contributed by atoms with E-state index in [9.17, 15) is 9.59 Å². The predicted octanol–water partition coefficient (Wildman–Crippen LogP) is 4.12. The topological polar surface area (TPSA) is 76.7 Å². The number of carbonyl (C=O) groups is 2. The lowest BCUT2D eigenvalue weighted by Gasteiger charge is -2.22. The summed E-state index contributed by atoms with van der Waals surface area (Å²) >= 11 is 12.2. The molecule has 0 aliphatic heterocycles. The van der Waals surface area contributed by atoms with Gasteiger partial charge in [0, 0.05) is 18.2 Å². The molecule has 0 aromatic heterocycles. The van der Waals surface area contributed by atoms with Crippen LogP contribution in [0.5, 0.6) is 11.5 Å². The Balaban J connectivity index is 2.03. The first kappa shape index (κ1) is 23.8. The van der Waals surface area contributed by atoms with Crippen LogP contribution >= 0.6 is 23.2 Å². The van der Waals surface area contributed by atoms with Crippen molar-refractivity contribution in [3.8, 4) is 11.5 Å². The van der Waals surface area contributed by atoms with Crippen LogP contribution in [0.3, 0.4) is 0 Å². The first-order valence-corrected chi connectivity index (χ1v) is 10.3. The van der Waals surface area contributed by atoms with Crippen molar-refractivity contribution in [2.45, 2.75) is 26.3 Å². The molecule has 2 aromatic rings. The van der Waals surface area contributed by atoms with E-state index in [0.29, 0.717) is 40.1 Å². The van der Waals surface area contributed by atoms with E-state index in [1.54, 1.807) is 24.3 Å². The first-order valence-electron chi connectivity index (χ1n) is 9.51. The number of hydrogen-bond donors (Lipinski definition) is 2. The summed E-state index contributed by atoms with van der Waals surface area (Å²) in [6, 6.07) is 9.53. The number of halogens is 2. The second-order valence-corrected chi connectivity index (χ2v) is 7.84. The Morgan fingerprint density at radius 2 is 1.67 bits per heavy atom. The van der Waals surface area contributed by atoms with Gasteiger partial charge in [0.1, 0.15) is 17.5 Å². The maximum Gasteiger partial charge on any atom is 0.252 e. The molecule has 0 heterocycles. The second-order valence-electron chi connectivity index (χ2n) is 7.05. The van der Waals surface area contributed by atoms with Gasteiger partial charge in [-0.05, 0) is 36.1 Å².